The fourth-order valence-corrected chi connectivity index (χ4v) is 5.72. The Morgan fingerprint density at radius 2 is 1.83 bits per heavy atom. The monoisotopic (exact) mass is 499 g/mol. The number of fused-ring (bicyclic) bond motifs is 1. The maximum Gasteiger partial charge on any atom is 0.307 e. The van der Waals surface area contributed by atoms with E-state index in [1.807, 2.05) is 45.0 Å². The average Bonchev–Trinajstić information content (AvgIpc) is 3.11. The largest absolute Gasteiger partial charge is 0.507 e. The molecule has 1 aromatic heterocycles. The zero-order valence-electron chi connectivity index (χ0n) is 20.8. The van der Waals surface area contributed by atoms with Crippen LogP contribution in [0.1, 0.15) is 65.5 Å². The van der Waals surface area contributed by atoms with Gasteiger partial charge in [-0.3, -0.25) is 9.78 Å². The van der Waals surface area contributed by atoms with Crippen LogP contribution in [0.15, 0.2) is 29.1 Å². The molecule has 2 aromatic carbocycles. The first kappa shape index (κ1) is 25.1. The van der Waals surface area contributed by atoms with E-state index in [4.69, 9.17) is 9.47 Å². The normalized spacial score (nSPS) is 19.5. The Morgan fingerprint density at radius 1 is 1.14 bits per heavy atom. The highest BCUT2D eigenvalue weighted by Gasteiger charge is 2.44. The molecule has 0 bridgehead atoms. The molecule has 0 spiro atoms. The van der Waals surface area contributed by atoms with Crippen LogP contribution in [-0.2, 0) is 6.42 Å². The second-order valence-electron chi connectivity index (χ2n) is 9.97. The van der Waals surface area contributed by atoms with Crippen molar-refractivity contribution in [2.75, 3.05) is 6.61 Å². The van der Waals surface area contributed by atoms with Crippen LogP contribution in [0.25, 0.3) is 0 Å². The predicted octanol–water partition coefficient (Wildman–Crippen LogP) is 5.04. The first-order valence-corrected chi connectivity index (χ1v) is 12.6. The predicted molar refractivity (Wildman–Crippen MR) is 136 cm³/mol. The molecule has 4 rings (SSSR count). The van der Waals surface area contributed by atoms with Crippen molar-refractivity contribution >= 4 is 11.3 Å². The molecule has 1 aliphatic heterocycles. The minimum Gasteiger partial charge on any atom is -0.507 e. The Bertz CT molecular complexity index is 1280. The number of aromatic hydroxyl groups is 2. The van der Waals surface area contributed by atoms with E-state index in [9.17, 15) is 20.1 Å². The number of hydrogen-bond donors (Lipinski definition) is 4. The van der Waals surface area contributed by atoms with Gasteiger partial charge in [0.15, 0.2) is 0 Å². The van der Waals surface area contributed by atoms with Gasteiger partial charge in [-0.2, -0.15) is 0 Å². The number of aromatic nitrogens is 1. The fraction of sp³-hybridized carbons (Fsp3) is 0.444. The van der Waals surface area contributed by atoms with Gasteiger partial charge in [-0.05, 0) is 61.9 Å². The van der Waals surface area contributed by atoms with E-state index in [-0.39, 0.29) is 23.1 Å². The van der Waals surface area contributed by atoms with Crippen LogP contribution in [0.2, 0.25) is 0 Å². The summed E-state index contributed by atoms with van der Waals surface area (Å²) in [5.41, 5.74) is 3.12. The summed E-state index contributed by atoms with van der Waals surface area (Å²) in [5.74, 6) is 1.74. The van der Waals surface area contributed by atoms with Gasteiger partial charge < -0.3 is 24.8 Å². The number of phenols is 1. The van der Waals surface area contributed by atoms with Crippen LogP contribution in [0.5, 0.6) is 23.1 Å². The second kappa shape index (κ2) is 9.59. The lowest BCUT2D eigenvalue weighted by atomic mass is 9.81. The Hall–Kier alpha value is -2.97. The van der Waals surface area contributed by atoms with Gasteiger partial charge in [-0.15, -0.1) is 0 Å². The van der Waals surface area contributed by atoms with E-state index in [0.717, 1.165) is 28.0 Å². The lowest BCUT2D eigenvalue weighted by Gasteiger charge is -2.43. The number of thiazole rings is 1. The van der Waals surface area contributed by atoms with Gasteiger partial charge in [0.2, 0.25) is 5.88 Å². The molecular weight excluding hydrogens is 466 g/mol. The molecule has 0 aliphatic carbocycles. The Morgan fingerprint density at radius 3 is 2.43 bits per heavy atom. The van der Waals surface area contributed by atoms with Crippen molar-refractivity contribution in [1.29, 1.82) is 0 Å². The number of ether oxygens (including phenoxy) is 2. The third-order valence-corrected chi connectivity index (χ3v) is 7.62. The number of aliphatic hydroxyl groups excluding tert-OH is 1. The molecule has 35 heavy (non-hydrogen) atoms. The van der Waals surface area contributed by atoms with Crippen molar-refractivity contribution in [2.45, 2.75) is 65.6 Å². The third-order valence-electron chi connectivity index (χ3n) is 6.75. The van der Waals surface area contributed by atoms with Gasteiger partial charge in [0.25, 0.3) is 0 Å². The molecule has 7 nitrogen and oxygen atoms in total. The van der Waals surface area contributed by atoms with Gasteiger partial charge >= 0.3 is 4.87 Å². The molecule has 0 radical (unpaired) electrons. The molecule has 0 fully saturated rings. The number of rotatable bonds is 7. The zero-order chi connectivity index (χ0) is 25.5. The lowest BCUT2D eigenvalue weighted by molar-refractivity contribution is -0.0559. The van der Waals surface area contributed by atoms with Crippen molar-refractivity contribution in [1.82, 2.24) is 4.98 Å². The van der Waals surface area contributed by atoms with Crippen molar-refractivity contribution < 1.29 is 24.8 Å². The van der Waals surface area contributed by atoms with E-state index in [2.05, 4.69) is 18.8 Å². The molecule has 8 heteroatoms. The Labute approximate surface area is 209 Å². The molecule has 4 N–H and O–H groups in total. The zero-order valence-corrected chi connectivity index (χ0v) is 21.6. The quantitative estimate of drug-likeness (QED) is 0.362. The maximum atomic E-state index is 11.4. The van der Waals surface area contributed by atoms with Crippen LogP contribution >= 0.6 is 11.3 Å². The molecule has 3 aromatic rings. The summed E-state index contributed by atoms with van der Waals surface area (Å²) >= 11 is 0.998. The minimum absolute atomic E-state index is 0.0849. The van der Waals surface area contributed by atoms with Crippen LogP contribution in [0.3, 0.4) is 0 Å². The average molecular weight is 500 g/mol. The van der Waals surface area contributed by atoms with Crippen molar-refractivity contribution in [3.63, 3.8) is 0 Å². The summed E-state index contributed by atoms with van der Waals surface area (Å²) < 4.78 is 12.8. The van der Waals surface area contributed by atoms with Gasteiger partial charge in [0.1, 0.15) is 29.5 Å². The van der Waals surface area contributed by atoms with Crippen LogP contribution in [-0.4, -0.2) is 32.5 Å². The summed E-state index contributed by atoms with van der Waals surface area (Å²) in [5, 5.41) is 31.5. The van der Waals surface area contributed by atoms with Gasteiger partial charge in [-0.25, -0.2) is 0 Å². The molecular formula is C27H33NO6S. The molecule has 2 heterocycles. The van der Waals surface area contributed by atoms with Gasteiger partial charge in [-0.1, -0.05) is 37.3 Å². The minimum atomic E-state index is -0.769. The first-order chi connectivity index (χ1) is 16.5. The summed E-state index contributed by atoms with van der Waals surface area (Å²) in [6, 6.07) is 7.52. The number of phenolic OH excluding ortho intramolecular Hbond substituents is 1. The summed E-state index contributed by atoms with van der Waals surface area (Å²) in [4.78, 5) is 14.1. The van der Waals surface area contributed by atoms with E-state index in [0.29, 0.717) is 52.7 Å². The van der Waals surface area contributed by atoms with Crippen LogP contribution in [0, 0.1) is 26.7 Å². The summed E-state index contributed by atoms with van der Waals surface area (Å²) in [7, 11) is 0. The number of benzene rings is 2. The lowest BCUT2D eigenvalue weighted by Crippen LogP contribution is -2.47. The molecule has 2 atom stereocenters. The molecule has 188 valence electrons. The SMILES string of the molecule is Cc1c(C)c2c(c(C)c1O)C(O)CC(COc1ccc(Cc3sc(=O)[nH]c3O)cc1)(CC(C)C)O2. The van der Waals surface area contributed by atoms with Crippen molar-refractivity contribution in [3.05, 3.63) is 66.6 Å². The maximum absolute atomic E-state index is 11.4. The number of aliphatic hydroxyl groups is 1. The molecule has 0 saturated carbocycles. The van der Waals surface area contributed by atoms with E-state index < -0.39 is 11.7 Å². The Kier molecular flexibility index (Phi) is 6.88. The van der Waals surface area contributed by atoms with Gasteiger partial charge in [0, 0.05) is 24.0 Å². The molecule has 0 amide bonds. The second-order valence-corrected chi connectivity index (χ2v) is 11.0. The van der Waals surface area contributed by atoms with Crippen molar-refractivity contribution in [2.24, 2.45) is 5.92 Å². The fourth-order valence-electron chi connectivity index (χ4n) is 4.97. The number of H-pyrrole nitrogens is 1. The van der Waals surface area contributed by atoms with E-state index in [1.165, 1.54) is 0 Å². The first-order valence-electron chi connectivity index (χ1n) is 11.8. The molecule has 1 aliphatic rings. The Balaban J connectivity index is 1.55. The van der Waals surface area contributed by atoms with Gasteiger partial charge in [0.05, 0.1) is 11.0 Å². The van der Waals surface area contributed by atoms with Crippen LogP contribution in [0.4, 0.5) is 0 Å². The topological polar surface area (TPSA) is 112 Å². The standard InChI is InChI=1S/C27H33NO6S/c1-14(2)11-27(12-20(29)22-17(5)23(30)15(3)16(4)24(22)34-27)13-33-19-8-6-18(7-9-19)10-21-25(31)28-26(32)35-21/h6-9,14,20,29-31H,10-13H2,1-5H3,(H,28,32). The van der Waals surface area contributed by atoms with Crippen molar-refractivity contribution in [3.8, 4) is 23.1 Å². The highest BCUT2D eigenvalue weighted by atomic mass is 32.1. The van der Waals surface area contributed by atoms with E-state index >= 15 is 0 Å². The highest BCUT2D eigenvalue weighted by molar-refractivity contribution is 7.09. The molecule has 2 unspecified atom stereocenters. The van der Waals surface area contributed by atoms with E-state index in [1.54, 1.807) is 0 Å². The molecule has 0 saturated heterocycles. The third kappa shape index (κ3) is 5.04. The number of hydrogen-bond acceptors (Lipinski definition) is 7. The summed E-state index contributed by atoms with van der Waals surface area (Å²) in [6.07, 6.45) is 0.745. The number of aromatic amines is 1. The number of nitrogens with one attached hydrogen (secondary N) is 1. The summed E-state index contributed by atoms with van der Waals surface area (Å²) in [6.45, 7) is 10.1. The van der Waals surface area contributed by atoms with Crippen LogP contribution < -0.4 is 14.3 Å². The highest BCUT2D eigenvalue weighted by Crippen LogP contribution is 2.49. The smallest absolute Gasteiger partial charge is 0.307 e.